The molecule has 0 N–H and O–H groups in total. The second-order valence-corrected chi connectivity index (χ2v) is 2.63. The summed E-state index contributed by atoms with van der Waals surface area (Å²) in [6.45, 7) is 2.47. The molecule has 0 radical (unpaired) electrons. The van der Waals surface area contributed by atoms with Gasteiger partial charge in [0.25, 0.3) is 0 Å². The molecule has 0 spiro atoms. The standard InChI is InChI=1S/C8H10N4O/c1-3-13-8-9-4-6-5-10-12(2)7(6)11-8/h4-5H,3H2,1-2H3. The van der Waals surface area contributed by atoms with E-state index in [1.54, 1.807) is 17.1 Å². The molecule has 0 bridgehead atoms. The first-order valence-electron chi connectivity index (χ1n) is 4.09. The molecule has 0 unspecified atom stereocenters. The smallest absolute Gasteiger partial charge is 0.318 e. The SMILES string of the molecule is CCOc1ncc2cnn(C)c2n1. The summed E-state index contributed by atoms with van der Waals surface area (Å²) in [5.41, 5.74) is 0.790. The molecule has 13 heavy (non-hydrogen) atoms. The molecule has 0 atom stereocenters. The van der Waals surface area contributed by atoms with Crippen molar-refractivity contribution in [2.75, 3.05) is 6.61 Å². The molecule has 2 heterocycles. The largest absolute Gasteiger partial charge is 0.464 e. The van der Waals surface area contributed by atoms with Gasteiger partial charge in [-0.05, 0) is 6.92 Å². The number of fused-ring (bicyclic) bond motifs is 1. The molecule has 0 amide bonds. The number of aromatic nitrogens is 4. The minimum atomic E-state index is 0.401. The van der Waals surface area contributed by atoms with Gasteiger partial charge in [0.15, 0.2) is 5.65 Å². The van der Waals surface area contributed by atoms with Gasteiger partial charge in [0, 0.05) is 13.2 Å². The summed E-state index contributed by atoms with van der Waals surface area (Å²) in [4.78, 5) is 8.21. The zero-order valence-electron chi connectivity index (χ0n) is 7.56. The normalized spacial score (nSPS) is 10.6. The first-order valence-corrected chi connectivity index (χ1v) is 4.09. The maximum atomic E-state index is 5.18. The predicted molar refractivity (Wildman–Crippen MR) is 47.5 cm³/mol. The summed E-state index contributed by atoms with van der Waals surface area (Å²) in [7, 11) is 1.84. The molecule has 2 rings (SSSR count). The van der Waals surface area contributed by atoms with Crippen molar-refractivity contribution in [2.24, 2.45) is 7.05 Å². The van der Waals surface area contributed by atoms with Crippen LogP contribution in [0.2, 0.25) is 0 Å². The average molecular weight is 178 g/mol. The van der Waals surface area contributed by atoms with E-state index in [-0.39, 0.29) is 0 Å². The van der Waals surface area contributed by atoms with Gasteiger partial charge in [-0.1, -0.05) is 0 Å². The number of ether oxygens (including phenoxy) is 1. The molecule has 2 aromatic heterocycles. The average Bonchev–Trinajstić information content (AvgIpc) is 2.49. The van der Waals surface area contributed by atoms with Gasteiger partial charge in [0.2, 0.25) is 0 Å². The van der Waals surface area contributed by atoms with Crippen molar-refractivity contribution in [3.05, 3.63) is 12.4 Å². The summed E-state index contributed by atoms with van der Waals surface area (Å²) in [6.07, 6.45) is 3.44. The monoisotopic (exact) mass is 178 g/mol. The van der Waals surface area contributed by atoms with Gasteiger partial charge >= 0.3 is 6.01 Å². The van der Waals surface area contributed by atoms with Crippen molar-refractivity contribution in [1.29, 1.82) is 0 Å². The summed E-state index contributed by atoms with van der Waals surface area (Å²) in [5, 5.41) is 4.98. The quantitative estimate of drug-likeness (QED) is 0.681. The predicted octanol–water partition coefficient (Wildman–Crippen LogP) is 0.762. The van der Waals surface area contributed by atoms with E-state index in [1.165, 1.54) is 0 Å². The third kappa shape index (κ3) is 1.32. The van der Waals surface area contributed by atoms with E-state index < -0.39 is 0 Å². The Kier molecular flexibility index (Phi) is 1.84. The molecular formula is C8H10N4O. The number of rotatable bonds is 2. The Bertz CT molecular complexity index is 423. The lowest BCUT2D eigenvalue weighted by Gasteiger charge is -1.99. The maximum absolute atomic E-state index is 5.18. The maximum Gasteiger partial charge on any atom is 0.318 e. The highest BCUT2D eigenvalue weighted by Gasteiger charge is 2.03. The van der Waals surface area contributed by atoms with Gasteiger partial charge in [0.05, 0.1) is 18.2 Å². The Labute approximate surface area is 75.4 Å². The van der Waals surface area contributed by atoms with Crippen molar-refractivity contribution >= 4 is 11.0 Å². The van der Waals surface area contributed by atoms with Gasteiger partial charge in [-0.15, -0.1) is 0 Å². The van der Waals surface area contributed by atoms with Gasteiger partial charge in [-0.25, -0.2) is 4.98 Å². The number of nitrogens with zero attached hydrogens (tertiary/aromatic N) is 4. The first kappa shape index (κ1) is 7.97. The molecule has 68 valence electrons. The summed E-state index contributed by atoms with van der Waals surface area (Å²) >= 11 is 0. The van der Waals surface area contributed by atoms with Gasteiger partial charge in [0.1, 0.15) is 0 Å². The third-order valence-electron chi connectivity index (χ3n) is 1.72. The molecule has 0 aliphatic heterocycles. The Hall–Kier alpha value is -1.65. The van der Waals surface area contributed by atoms with Crippen LogP contribution in [0, 0.1) is 0 Å². The van der Waals surface area contributed by atoms with Crippen LogP contribution in [0.1, 0.15) is 6.92 Å². The molecule has 0 fully saturated rings. The Morgan fingerprint density at radius 3 is 3.08 bits per heavy atom. The molecule has 0 aliphatic carbocycles. The van der Waals surface area contributed by atoms with E-state index in [2.05, 4.69) is 15.1 Å². The Morgan fingerprint density at radius 1 is 1.46 bits per heavy atom. The highest BCUT2D eigenvalue weighted by Crippen LogP contribution is 2.11. The molecule has 0 saturated heterocycles. The van der Waals surface area contributed by atoms with Crippen LogP contribution >= 0.6 is 0 Å². The van der Waals surface area contributed by atoms with Crippen molar-refractivity contribution < 1.29 is 4.74 Å². The molecule has 0 saturated carbocycles. The van der Waals surface area contributed by atoms with E-state index in [4.69, 9.17) is 4.74 Å². The van der Waals surface area contributed by atoms with Crippen molar-refractivity contribution in [3.8, 4) is 6.01 Å². The van der Waals surface area contributed by atoms with Gasteiger partial charge in [-0.3, -0.25) is 4.68 Å². The van der Waals surface area contributed by atoms with E-state index in [0.717, 1.165) is 11.0 Å². The van der Waals surface area contributed by atoms with Crippen LogP contribution in [0.25, 0.3) is 11.0 Å². The number of hydrogen-bond acceptors (Lipinski definition) is 4. The molecule has 5 nitrogen and oxygen atoms in total. The van der Waals surface area contributed by atoms with E-state index in [9.17, 15) is 0 Å². The fourth-order valence-electron chi connectivity index (χ4n) is 1.12. The van der Waals surface area contributed by atoms with Crippen LogP contribution < -0.4 is 4.74 Å². The zero-order chi connectivity index (χ0) is 9.26. The second kappa shape index (κ2) is 3.01. The Morgan fingerprint density at radius 2 is 2.31 bits per heavy atom. The topological polar surface area (TPSA) is 52.8 Å². The third-order valence-corrected chi connectivity index (χ3v) is 1.72. The highest BCUT2D eigenvalue weighted by atomic mass is 16.5. The van der Waals surface area contributed by atoms with Crippen LogP contribution in [-0.2, 0) is 7.05 Å². The van der Waals surface area contributed by atoms with Crippen molar-refractivity contribution in [3.63, 3.8) is 0 Å². The van der Waals surface area contributed by atoms with E-state index >= 15 is 0 Å². The lowest BCUT2D eigenvalue weighted by Crippen LogP contribution is -1.99. The highest BCUT2D eigenvalue weighted by molar-refractivity contribution is 5.73. The van der Waals surface area contributed by atoms with Crippen LogP contribution in [0.3, 0.4) is 0 Å². The van der Waals surface area contributed by atoms with Crippen molar-refractivity contribution in [2.45, 2.75) is 6.92 Å². The lowest BCUT2D eigenvalue weighted by molar-refractivity contribution is 0.313. The molecule has 0 aromatic carbocycles. The van der Waals surface area contributed by atoms with Gasteiger partial charge < -0.3 is 4.74 Å². The van der Waals surface area contributed by atoms with Crippen LogP contribution in [0.15, 0.2) is 12.4 Å². The summed E-state index contributed by atoms with van der Waals surface area (Å²) < 4.78 is 6.87. The molecule has 0 aliphatic rings. The van der Waals surface area contributed by atoms with Crippen molar-refractivity contribution in [1.82, 2.24) is 19.7 Å². The fourth-order valence-corrected chi connectivity index (χ4v) is 1.12. The van der Waals surface area contributed by atoms with Crippen LogP contribution in [-0.4, -0.2) is 26.4 Å². The Balaban J connectivity index is 2.53. The van der Waals surface area contributed by atoms with E-state index in [1.807, 2.05) is 14.0 Å². The number of aryl methyl sites for hydroxylation is 1. The first-order chi connectivity index (χ1) is 6.31. The lowest BCUT2D eigenvalue weighted by atomic mass is 10.4. The van der Waals surface area contributed by atoms with Crippen LogP contribution in [0.4, 0.5) is 0 Å². The van der Waals surface area contributed by atoms with Gasteiger partial charge in [-0.2, -0.15) is 10.1 Å². The molecule has 5 heteroatoms. The second-order valence-electron chi connectivity index (χ2n) is 2.63. The summed E-state index contributed by atoms with van der Waals surface area (Å²) in [6, 6.07) is 0.401. The summed E-state index contributed by atoms with van der Waals surface area (Å²) in [5.74, 6) is 0. The van der Waals surface area contributed by atoms with E-state index in [0.29, 0.717) is 12.6 Å². The fraction of sp³-hybridized carbons (Fsp3) is 0.375. The number of hydrogen-bond donors (Lipinski definition) is 0. The zero-order valence-corrected chi connectivity index (χ0v) is 7.56. The molecule has 2 aromatic rings. The minimum Gasteiger partial charge on any atom is -0.464 e. The minimum absolute atomic E-state index is 0.401. The molecular weight excluding hydrogens is 168 g/mol. The van der Waals surface area contributed by atoms with Crippen LogP contribution in [0.5, 0.6) is 6.01 Å².